The zero-order valence-electron chi connectivity index (χ0n) is 22.7. The first-order chi connectivity index (χ1) is 14.8. The molecule has 0 aromatic carbocycles. The number of hydrogen-bond donors (Lipinski definition) is 1. The summed E-state index contributed by atoms with van der Waals surface area (Å²) in [6, 6.07) is 0. The Morgan fingerprint density at radius 1 is 0.452 bits per heavy atom. The van der Waals surface area contributed by atoms with Crippen molar-refractivity contribution in [1.29, 1.82) is 0 Å². The quantitative estimate of drug-likeness (QED) is 0.0842. The van der Waals surface area contributed by atoms with Crippen LogP contribution >= 0.6 is 8.60 Å². The van der Waals surface area contributed by atoms with Crippen molar-refractivity contribution in [2.45, 2.75) is 155 Å². The Labute approximate surface area is 221 Å². The minimum absolute atomic E-state index is 0. The van der Waals surface area contributed by atoms with Crippen LogP contribution in [0.15, 0.2) is 0 Å². The molecule has 31 heavy (non-hydrogen) atoms. The van der Waals surface area contributed by atoms with E-state index in [2.05, 4.69) is 13.8 Å². The van der Waals surface area contributed by atoms with E-state index in [1.165, 1.54) is 128 Å². The summed E-state index contributed by atoms with van der Waals surface area (Å²) >= 11 is 0. The van der Waals surface area contributed by atoms with Gasteiger partial charge in [0.25, 0.3) is 0 Å². The van der Waals surface area contributed by atoms with E-state index >= 15 is 0 Å². The molecule has 0 saturated heterocycles. The van der Waals surface area contributed by atoms with Crippen molar-refractivity contribution >= 4 is 8.60 Å². The Morgan fingerprint density at radius 2 is 0.677 bits per heavy atom. The van der Waals surface area contributed by atoms with E-state index in [4.69, 9.17) is 9.05 Å². The standard InChI is InChI=1S/C26H55O3P.Na.H/c1-3-5-7-9-11-13-15-17-19-21-23-25-28-30(27)29-26-24-22-20-18-16-14-12-10-8-6-4-2;;/h27H,3-26H2,1-2H3;;/q;+1;-1. The third kappa shape index (κ3) is 31.3. The van der Waals surface area contributed by atoms with E-state index in [0.717, 1.165) is 12.8 Å². The van der Waals surface area contributed by atoms with Crippen LogP contribution in [0.1, 0.15) is 157 Å². The predicted octanol–water partition coefficient (Wildman–Crippen LogP) is 6.98. The Hall–Kier alpha value is 1.31. The summed E-state index contributed by atoms with van der Waals surface area (Å²) in [5, 5.41) is 0. The normalized spacial score (nSPS) is 11.2. The van der Waals surface area contributed by atoms with E-state index in [0.29, 0.717) is 13.2 Å². The van der Waals surface area contributed by atoms with Crippen LogP contribution in [-0.2, 0) is 9.05 Å². The van der Waals surface area contributed by atoms with Crippen LogP contribution in [0.2, 0.25) is 0 Å². The van der Waals surface area contributed by atoms with Crippen molar-refractivity contribution in [3.63, 3.8) is 0 Å². The fourth-order valence-electron chi connectivity index (χ4n) is 3.86. The zero-order chi connectivity index (χ0) is 22.0. The second-order valence-corrected chi connectivity index (χ2v) is 9.97. The van der Waals surface area contributed by atoms with Gasteiger partial charge in [-0.2, -0.15) is 0 Å². The Morgan fingerprint density at radius 3 is 0.935 bits per heavy atom. The van der Waals surface area contributed by atoms with Crippen LogP contribution < -0.4 is 29.6 Å². The third-order valence-corrected chi connectivity index (χ3v) is 6.71. The van der Waals surface area contributed by atoms with Crippen molar-refractivity contribution in [2.24, 2.45) is 0 Å². The summed E-state index contributed by atoms with van der Waals surface area (Å²) < 4.78 is 10.8. The Bertz CT molecular complexity index is 287. The monoisotopic (exact) mass is 470 g/mol. The molecule has 0 heterocycles. The molecule has 0 radical (unpaired) electrons. The Balaban J connectivity index is -0.00000420. The molecule has 0 fully saturated rings. The van der Waals surface area contributed by atoms with E-state index in [-0.39, 0.29) is 31.0 Å². The minimum atomic E-state index is -1.66. The topological polar surface area (TPSA) is 38.7 Å². The largest absolute Gasteiger partial charge is 1.00 e. The predicted molar refractivity (Wildman–Crippen MR) is 135 cm³/mol. The van der Waals surface area contributed by atoms with E-state index < -0.39 is 8.60 Å². The first-order valence-corrected chi connectivity index (χ1v) is 14.7. The van der Waals surface area contributed by atoms with Gasteiger partial charge in [0.1, 0.15) is 0 Å². The van der Waals surface area contributed by atoms with Gasteiger partial charge in [-0.1, -0.05) is 142 Å². The van der Waals surface area contributed by atoms with Gasteiger partial charge in [0.2, 0.25) is 0 Å². The first kappa shape index (κ1) is 34.5. The van der Waals surface area contributed by atoms with Crippen molar-refractivity contribution in [3.8, 4) is 0 Å². The molecule has 0 unspecified atom stereocenters. The molecule has 184 valence electrons. The molecule has 0 aliphatic carbocycles. The van der Waals surface area contributed by atoms with Gasteiger partial charge < -0.3 is 15.4 Å². The minimum Gasteiger partial charge on any atom is -1.00 e. The molecular weight excluding hydrogens is 414 g/mol. The van der Waals surface area contributed by atoms with Crippen LogP contribution in [0.5, 0.6) is 0 Å². The summed E-state index contributed by atoms with van der Waals surface area (Å²) in [5.41, 5.74) is 0. The van der Waals surface area contributed by atoms with Crippen molar-refractivity contribution in [2.75, 3.05) is 13.2 Å². The van der Waals surface area contributed by atoms with Gasteiger partial charge in [-0.25, -0.2) is 0 Å². The van der Waals surface area contributed by atoms with Crippen LogP contribution in [0, 0.1) is 0 Å². The maximum Gasteiger partial charge on any atom is 1.00 e. The number of hydrogen-bond acceptors (Lipinski definition) is 3. The van der Waals surface area contributed by atoms with Crippen molar-refractivity contribution in [1.82, 2.24) is 0 Å². The molecule has 5 heteroatoms. The molecule has 0 amide bonds. The molecule has 0 spiro atoms. The van der Waals surface area contributed by atoms with Gasteiger partial charge in [-0.05, 0) is 12.8 Å². The van der Waals surface area contributed by atoms with Crippen LogP contribution in [0.25, 0.3) is 0 Å². The average Bonchev–Trinajstić information content (AvgIpc) is 2.75. The molecule has 0 aliphatic rings. The van der Waals surface area contributed by atoms with Gasteiger partial charge in [-0.3, -0.25) is 0 Å². The second-order valence-electron chi connectivity index (χ2n) is 8.98. The van der Waals surface area contributed by atoms with E-state index in [1.54, 1.807) is 0 Å². The van der Waals surface area contributed by atoms with Crippen LogP contribution in [-0.4, -0.2) is 18.1 Å². The SMILES string of the molecule is CCCCCCCCCCCCCOP(O)OCCCCCCCCCCCCC.[H-].[Na+]. The fourth-order valence-corrected chi connectivity index (χ4v) is 4.50. The third-order valence-electron chi connectivity index (χ3n) is 5.90. The number of rotatable bonds is 26. The summed E-state index contributed by atoms with van der Waals surface area (Å²) in [7, 11) is -1.66. The molecule has 0 rings (SSSR count). The second kappa shape index (κ2) is 31.3. The molecule has 0 aliphatic heterocycles. The molecule has 0 aromatic heterocycles. The van der Waals surface area contributed by atoms with Gasteiger partial charge in [0, 0.05) is 0 Å². The van der Waals surface area contributed by atoms with Crippen molar-refractivity contribution < 1.29 is 44.9 Å². The van der Waals surface area contributed by atoms with Crippen LogP contribution in [0.3, 0.4) is 0 Å². The van der Waals surface area contributed by atoms with Gasteiger partial charge in [0.05, 0.1) is 13.2 Å². The molecule has 0 aromatic rings. The van der Waals surface area contributed by atoms with Crippen LogP contribution in [0.4, 0.5) is 0 Å². The van der Waals surface area contributed by atoms with E-state index in [9.17, 15) is 4.89 Å². The molecule has 0 bridgehead atoms. The number of unbranched alkanes of at least 4 members (excludes halogenated alkanes) is 20. The van der Waals surface area contributed by atoms with Gasteiger partial charge >= 0.3 is 38.2 Å². The molecule has 3 nitrogen and oxygen atoms in total. The van der Waals surface area contributed by atoms with Gasteiger partial charge in [-0.15, -0.1) is 0 Å². The smallest absolute Gasteiger partial charge is 1.00 e. The Kier molecular flexibility index (Phi) is 34.8. The molecule has 0 saturated carbocycles. The van der Waals surface area contributed by atoms with E-state index in [1.807, 2.05) is 0 Å². The summed E-state index contributed by atoms with van der Waals surface area (Å²) in [6.45, 7) is 5.82. The zero-order valence-corrected chi connectivity index (χ0v) is 24.6. The molecule has 0 atom stereocenters. The van der Waals surface area contributed by atoms with Gasteiger partial charge in [0.15, 0.2) is 0 Å². The summed E-state index contributed by atoms with van der Waals surface area (Å²) in [4.78, 5) is 9.79. The average molecular weight is 471 g/mol. The summed E-state index contributed by atoms with van der Waals surface area (Å²) in [5.74, 6) is 0. The first-order valence-electron chi connectivity index (χ1n) is 13.6. The molecule has 1 N–H and O–H groups in total. The maximum atomic E-state index is 9.79. The maximum absolute atomic E-state index is 9.79. The fraction of sp³-hybridized carbons (Fsp3) is 1.00. The summed E-state index contributed by atoms with van der Waals surface area (Å²) in [6.07, 6.45) is 29.3. The van der Waals surface area contributed by atoms with Crippen molar-refractivity contribution in [3.05, 3.63) is 0 Å². The molecular formula is C26H56NaO3P.